The van der Waals surface area contributed by atoms with Crippen LogP contribution < -0.4 is 4.74 Å². The summed E-state index contributed by atoms with van der Waals surface area (Å²) in [6, 6.07) is 14.8. The molecule has 0 amide bonds. The molecule has 0 radical (unpaired) electrons. The third kappa shape index (κ3) is 2.86. The molecule has 0 aliphatic heterocycles. The van der Waals surface area contributed by atoms with Crippen LogP contribution >= 0.6 is 0 Å². The molecule has 3 rings (SSSR count). The molecule has 21 heavy (non-hydrogen) atoms. The van der Waals surface area contributed by atoms with Crippen LogP contribution in [0.3, 0.4) is 0 Å². The lowest BCUT2D eigenvalue weighted by molar-refractivity contribution is 0.0986. The van der Waals surface area contributed by atoms with Gasteiger partial charge in [-0.05, 0) is 18.2 Å². The first-order valence-electron chi connectivity index (χ1n) is 6.52. The fourth-order valence-electron chi connectivity index (χ4n) is 2.04. The number of ketones is 1. The van der Waals surface area contributed by atoms with Crippen LogP contribution in [0, 0.1) is 0 Å². The lowest BCUT2D eigenvalue weighted by atomic mass is 10.1. The highest BCUT2D eigenvalue weighted by molar-refractivity contribution is 5.95. The van der Waals surface area contributed by atoms with Crippen molar-refractivity contribution in [3.05, 3.63) is 59.9 Å². The van der Waals surface area contributed by atoms with Crippen molar-refractivity contribution >= 4 is 16.7 Å². The molecular formula is C16H13N3O2. The number of para-hydroxylation sites is 1. The minimum atomic E-state index is -0.118. The van der Waals surface area contributed by atoms with E-state index >= 15 is 0 Å². The van der Waals surface area contributed by atoms with Gasteiger partial charge < -0.3 is 4.74 Å². The van der Waals surface area contributed by atoms with Gasteiger partial charge in [-0.15, -0.1) is 10.2 Å². The summed E-state index contributed by atoms with van der Waals surface area (Å²) in [4.78, 5) is 16.6. The van der Waals surface area contributed by atoms with E-state index in [1.165, 1.54) is 7.11 Å². The van der Waals surface area contributed by atoms with Crippen LogP contribution in [0.4, 0.5) is 0 Å². The van der Waals surface area contributed by atoms with Gasteiger partial charge in [-0.3, -0.25) is 9.78 Å². The van der Waals surface area contributed by atoms with Crippen molar-refractivity contribution in [1.82, 2.24) is 15.2 Å². The minimum absolute atomic E-state index is 0.118. The van der Waals surface area contributed by atoms with Crippen LogP contribution in [0.1, 0.15) is 16.2 Å². The molecule has 0 spiro atoms. The smallest absolute Gasteiger partial charge is 0.233 e. The minimum Gasteiger partial charge on any atom is -0.480 e. The number of methoxy groups -OCH3 is 1. The van der Waals surface area contributed by atoms with Crippen molar-refractivity contribution < 1.29 is 9.53 Å². The van der Waals surface area contributed by atoms with Crippen LogP contribution in [0.5, 0.6) is 5.88 Å². The number of pyridine rings is 1. The molecule has 2 aromatic heterocycles. The number of hydrogen-bond acceptors (Lipinski definition) is 5. The molecule has 5 nitrogen and oxygen atoms in total. The highest BCUT2D eigenvalue weighted by atomic mass is 16.5. The number of Topliss-reactive ketones (excluding diaryl/α,β-unsaturated/α-hetero) is 1. The van der Waals surface area contributed by atoms with Gasteiger partial charge >= 0.3 is 0 Å². The second-order valence-corrected chi connectivity index (χ2v) is 4.56. The van der Waals surface area contributed by atoms with E-state index in [1.54, 1.807) is 12.1 Å². The molecule has 0 aliphatic rings. The topological polar surface area (TPSA) is 65.0 Å². The Hall–Kier alpha value is -2.82. The zero-order chi connectivity index (χ0) is 14.7. The van der Waals surface area contributed by atoms with E-state index < -0.39 is 0 Å². The first kappa shape index (κ1) is 13.2. The summed E-state index contributed by atoms with van der Waals surface area (Å²) in [5, 5.41) is 8.71. The largest absolute Gasteiger partial charge is 0.480 e. The molecule has 0 aliphatic carbocycles. The van der Waals surface area contributed by atoms with Crippen LogP contribution in [0.15, 0.2) is 48.5 Å². The predicted octanol–water partition coefficient (Wildman–Crippen LogP) is 2.46. The summed E-state index contributed by atoms with van der Waals surface area (Å²) in [7, 11) is 1.50. The molecule has 0 bridgehead atoms. The summed E-state index contributed by atoms with van der Waals surface area (Å²) in [5.74, 6) is 0.267. The summed E-state index contributed by atoms with van der Waals surface area (Å²) in [6.45, 7) is 0. The molecule has 0 N–H and O–H groups in total. The Labute approximate surface area is 121 Å². The maximum atomic E-state index is 12.2. The third-order valence-corrected chi connectivity index (χ3v) is 3.13. The Morgan fingerprint density at radius 2 is 1.90 bits per heavy atom. The number of fused-ring (bicyclic) bond motifs is 1. The van der Waals surface area contributed by atoms with Gasteiger partial charge in [0.1, 0.15) is 5.69 Å². The first-order chi connectivity index (χ1) is 10.3. The average molecular weight is 279 g/mol. The molecular weight excluding hydrogens is 266 g/mol. The molecule has 1 aromatic carbocycles. The number of hydrogen-bond donors (Lipinski definition) is 0. The maximum Gasteiger partial charge on any atom is 0.233 e. The van der Waals surface area contributed by atoms with Crippen LogP contribution in [-0.4, -0.2) is 28.1 Å². The van der Waals surface area contributed by atoms with E-state index in [0.717, 1.165) is 16.6 Å². The van der Waals surface area contributed by atoms with Gasteiger partial charge in [-0.2, -0.15) is 0 Å². The summed E-state index contributed by atoms with van der Waals surface area (Å²) in [5.41, 5.74) is 1.91. The summed E-state index contributed by atoms with van der Waals surface area (Å²) in [6.07, 6.45) is 0.200. The summed E-state index contributed by atoms with van der Waals surface area (Å²) < 4.78 is 4.92. The van der Waals surface area contributed by atoms with Crippen molar-refractivity contribution in [2.75, 3.05) is 7.11 Å². The molecule has 0 unspecified atom stereocenters. The number of benzene rings is 1. The SMILES string of the molecule is COc1ccc(C(=O)Cc2ccc3ccccc3n2)nn1. The second kappa shape index (κ2) is 5.66. The van der Waals surface area contributed by atoms with Crippen molar-refractivity contribution in [1.29, 1.82) is 0 Å². The zero-order valence-corrected chi connectivity index (χ0v) is 11.5. The highest BCUT2D eigenvalue weighted by Gasteiger charge is 2.11. The van der Waals surface area contributed by atoms with Crippen LogP contribution in [-0.2, 0) is 6.42 Å². The van der Waals surface area contributed by atoms with Crippen LogP contribution in [0.2, 0.25) is 0 Å². The van der Waals surface area contributed by atoms with Gasteiger partial charge in [-0.25, -0.2) is 0 Å². The van der Waals surface area contributed by atoms with E-state index in [9.17, 15) is 4.79 Å². The number of carbonyl (C=O) groups is 1. The lowest BCUT2D eigenvalue weighted by Crippen LogP contribution is -2.08. The molecule has 0 saturated carbocycles. The molecule has 5 heteroatoms. The predicted molar refractivity (Wildman–Crippen MR) is 78.4 cm³/mol. The third-order valence-electron chi connectivity index (χ3n) is 3.13. The monoisotopic (exact) mass is 279 g/mol. The normalized spacial score (nSPS) is 10.5. The lowest BCUT2D eigenvalue weighted by Gasteiger charge is -2.03. The van der Waals surface area contributed by atoms with Gasteiger partial charge in [0.15, 0.2) is 5.78 Å². The van der Waals surface area contributed by atoms with Crippen molar-refractivity contribution in [3.63, 3.8) is 0 Å². The van der Waals surface area contributed by atoms with Crippen molar-refractivity contribution in [2.45, 2.75) is 6.42 Å². The fraction of sp³-hybridized carbons (Fsp3) is 0.125. The Morgan fingerprint density at radius 3 is 2.67 bits per heavy atom. The second-order valence-electron chi connectivity index (χ2n) is 4.56. The number of ether oxygens (including phenoxy) is 1. The molecule has 2 heterocycles. The Balaban J connectivity index is 1.81. The standard InChI is InChI=1S/C16H13N3O2/c1-21-16-9-8-14(18-19-16)15(20)10-12-7-6-11-4-2-3-5-13(11)17-12/h2-9H,10H2,1H3. The van der Waals surface area contributed by atoms with Gasteiger partial charge in [0.05, 0.1) is 19.0 Å². The number of aromatic nitrogens is 3. The Morgan fingerprint density at radius 1 is 1.05 bits per heavy atom. The molecule has 0 fully saturated rings. The van der Waals surface area contributed by atoms with E-state index in [1.807, 2.05) is 36.4 Å². The molecule has 0 atom stereocenters. The fourth-order valence-corrected chi connectivity index (χ4v) is 2.04. The van der Waals surface area contributed by atoms with E-state index in [0.29, 0.717) is 11.6 Å². The average Bonchev–Trinajstić information content (AvgIpc) is 2.55. The maximum absolute atomic E-state index is 12.2. The van der Waals surface area contributed by atoms with Crippen LogP contribution in [0.25, 0.3) is 10.9 Å². The molecule has 104 valence electrons. The highest BCUT2D eigenvalue weighted by Crippen LogP contribution is 2.13. The first-order valence-corrected chi connectivity index (χ1v) is 6.52. The Kier molecular flexibility index (Phi) is 3.55. The van der Waals surface area contributed by atoms with E-state index in [-0.39, 0.29) is 12.2 Å². The zero-order valence-electron chi connectivity index (χ0n) is 11.5. The van der Waals surface area contributed by atoms with E-state index in [2.05, 4.69) is 15.2 Å². The number of rotatable bonds is 4. The van der Waals surface area contributed by atoms with E-state index in [4.69, 9.17) is 4.74 Å². The van der Waals surface area contributed by atoms with Crippen molar-refractivity contribution in [2.24, 2.45) is 0 Å². The number of nitrogens with zero attached hydrogens (tertiary/aromatic N) is 3. The molecule has 3 aromatic rings. The van der Waals surface area contributed by atoms with Gasteiger partial charge in [-0.1, -0.05) is 24.3 Å². The Bertz CT molecular complexity index is 785. The van der Waals surface area contributed by atoms with Crippen molar-refractivity contribution in [3.8, 4) is 5.88 Å². The summed E-state index contributed by atoms with van der Waals surface area (Å²) >= 11 is 0. The molecule has 0 saturated heterocycles. The van der Waals surface area contributed by atoms with Gasteiger partial charge in [0.2, 0.25) is 5.88 Å². The number of carbonyl (C=O) groups excluding carboxylic acids is 1. The quantitative estimate of drug-likeness (QED) is 0.686. The van der Waals surface area contributed by atoms with Gasteiger partial charge in [0, 0.05) is 17.1 Å². The van der Waals surface area contributed by atoms with Gasteiger partial charge in [0.25, 0.3) is 0 Å².